The Labute approximate surface area is 74.0 Å². The van der Waals surface area contributed by atoms with Crippen molar-refractivity contribution >= 4 is 0 Å². The summed E-state index contributed by atoms with van der Waals surface area (Å²) in [7, 11) is 0. The molecule has 1 nitrogen and oxygen atoms in total. The lowest BCUT2D eigenvalue weighted by Gasteiger charge is -2.01. The van der Waals surface area contributed by atoms with Gasteiger partial charge in [0.25, 0.3) is 0 Å². The van der Waals surface area contributed by atoms with Crippen LogP contribution in [0.4, 0.5) is 0 Å². The average molecular weight is 161 g/mol. The van der Waals surface area contributed by atoms with Crippen molar-refractivity contribution in [2.75, 3.05) is 6.54 Å². The van der Waals surface area contributed by atoms with E-state index < -0.39 is 0 Å². The van der Waals surface area contributed by atoms with E-state index in [4.69, 9.17) is 0 Å². The topological polar surface area (TPSA) is 3.01 Å². The molecule has 1 aliphatic rings. The van der Waals surface area contributed by atoms with Gasteiger partial charge in [0.1, 0.15) is 0 Å². The lowest BCUT2D eigenvalue weighted by Crippen LogP contribution is -2.00. The summed E-state index contributed by atoms with van der Waals surface area (Å²) < 4.78 is 0. The van der Waals surface area contributed by atoms with Gasteiger partial charge < -0.3 is 0 Å². The van der Waals surface area contributed by atoms with Crippen molar-refractivity contribution in [1.82, 2.24) is 4.90 Å². The van der Waals surface area contributed by atoms with E-state index in [1.807, 2.05) is 0 Å². The van der Waals surface area contributed by atoms with E-state index in [0.717, 1.165) is 12.6 Å². The molecule has 1 aliphatic heterocycles. The summed E-state index contributed by atoms with van der Waals surface area (Å²) >= 11 is 0. The smallest absolute Gasteiger partial charge is 0.0237 e. The highest BCUT2D eigenvalue weighted by Gasteiger charge is 2.31. The summed E-state index contributed by atoms with van der Waals surface area (Å²) in [6.07, 6.45) is 1.30. The third-order valence-electron chi connectivity index (χ3n) is 2.53. The molecule has 0 aromatic heterocycles. The molecule has 1 aromatic rings. The largest absolute Gasteiger partial charge is 0.293 e. The van der Waals surface area contributed by atoms with E-state index in [1.54, 1.807) is 0 Å². The molecule has 2 atom stereocenters. The minimum absolute atomic E-state index is 0.866. The molecule has 0 N–H and O–H groups in total. The van der Waals surface area contributed by atoms with Gasteiger partial charge in [-0.25, -0.2) is 0 Å². The Kier molecular flexibility index (Phi) is 2.13. The Bertz CT molecular complexity index is 242. The van der Waals surface area contributed by atoms with Crippen molar-refractivity contribution in [3.05, 3.63) is 35.9 Å². The Balaban J connectivity index is 1.89. The molecule has 0 radical (unpaired) electrons. The van der Waals surface area contributed by atoms with E-state index in [0.29, 0.717) is 0 Å². The molecular weight excluding hydrogens is 146 g/mol. The van der Waals surface area contributed by atoms with Crippen molar-refractivity contribution in [3.63, 3.8) is 0 Å². The van der Waals surface area contributed by atoms with Gasteiger partial charge in [0.15, 0.2) is 0 Å². The zero-order chi connectivity index (χ0) is 8.39. The summed E-state index contributed by atoms with van der Waals surface area (Å²) in [6, 6.07) is 11.6. The number of rotatable bonds is 3. The Hall–Kier alpha value is -0.820. The Morgan fingerprint density at radius 1 is 1.33 bits per heavy atom. The second-order valence-electron chi connectivity index (χ2n) is 3.48. The summed E-state index contributed by atoms with van der Waals surface area (Å²) in [5, 5.41) is 0. The first kappa shape index (κ1) is 7.81. The first-order chi connectivity index (χ1) is 5.90. The summed E-state index contributed by atoms with van der Waals surface area (Å²) in [5.41, 5.74) is 1.44. The molecule has 2 rings (SSSR count). The Morgan fingerprint density at radius 3 is 2.67 bits per heavy atom. The standard InChI is InChI=1S/C11H15N/c1-2-11-9-12(11)8-10-6-4-3-5-7-10/h3-7,11H,2,8-9H2,1H3. The zero-order valence-corrected chi connectivity index (χ0v) is 7.53. The van der Waals surface area contributed by atoms with E-state index in [1.165, 1.54) is 18.5 Å². The molecule has 1 fully saturated rings. The lowest BCUT2D eigenvalue weighted by atomic mass is 10.2. The van der Waals surface area contributed by atoms with Gasteiger partial charge in [-0.1, -0.05) is 37.3 Å². The molecule has 1 heteroatoms. The van der Waals surface area contributed by atoms with Crippen LogP contribution in [0.5, 0.6) is 0 Å². The molecule has 1 saturated heterocycles. The third kappa shape index (κ3) is 1.67. The van der Waals surface area contributed by atoms with Gasteiger partial charge in [-0.15, -0.1) is 0 Å². The van der Waals surface area contributed by atoms with Crippen LogP contribution in [0.25, 0.3) is 0 Å². The number of hydrogen-bond acceptors (Lipinski definition) is 1. The first-order valence-electron chi connectivity index (χ1n) is 4.68. The zero-order valence-electron chi connectivity index (χ0n) is 7.53. The molecule has 0 spiro atoms. The molecule has 0 aliphatic carbocycles. The monoisotopic (exact) mass is 161 g/mol. The van der Waals surface area contributed by atoms with Crippen LogP contribution in [0, 0.1) is 0 Å². The third-order valence-corrected chi connectivity index (χ3v) is 2.53. The molecule has 0 saturated carbocycles. The summed E-state index contributed by atoms with van der Waals surface area (Å²) in [4.78, 5) is 2.51. The molecule has 12 heavy (non-hydrogen) atoms. The molecule has 2 unspecified atom stereocenters. The van der Waals surface area contributed by atoms with Crippen LogP contribution in [0.2, 0.25) is 0 Å². The van der Waals surface area contributed by atoms with Gasteiger partial charge in [0.2, 0.25) is 0 Å². The van der Waals surface area contributed by atoms with Gasteiger partial charge in [-0.2, -0.15) is 0 Å². The minimum Gasteiger partial charge on any atom is -0.293 e. The number of hydrogen-bond donors (Lipinski definition) is 0. The van der Waals surface area contributed by atoms with Gasteiger partial charge in [-0.05, 0) is 12.0 Å². The molecular formula is C11H15N. The minimum atomic E-state index is 0.866. The molecule has 64 valence electrons. The van der Waals surface area contributed by atoms with Crippen LogP contribution >= 0.6 is 0 Å². The molecule has 1 heterocycles. The predicted molar refractivity (Wildman–Crippen MR) is 50.9 cm³/mol. The maximum atomic E-state index is 2.51. The molecule has 1 aromatic carbocycles. The fourth-order valence-corrected chi connectivity index (χ4v) is 1.62. The fraction of sp³-hybridized carbons (Fsp3) is 0.455. The van der Waals surface area contributed by atoms with E-state index in [-0.39, 0.29) is 0 Å². The average Bonchev–Trinajstić information content (AvgIpc) is 2.85. The van der Waals surface area contributed by atoms with Gasteiger partial charge in [-0.3, -0.25) is 4.90 Å². The first-order valence-corrected chi connectivity index (χ1v) is 4.68. The summed E-state index contributed by atoms with van der Waals surface area (Å²) in [6.45, 7) is 4.69. The lowest BCUT2D eigenvalue weighted by molar-refractivity contribution is 0.495. The highest BCUT2D eigenvalue weighted by atomic mass is 15.3. The van der Waals surface area contributed by atoms with Crippen LogP contribution in [0.3, 0.4) is 0 Å². The van der Waals surface area contributed by atoms with E-state index in [2.05, 4.69) is 42.2 Å². The van der Waals surface area contributed by atoms with Gasteiger partial charge in [0.05, 0.1) is 0 Å². The Morgan fingerprint density at radius 2 is 2.08 bits per heavy atom. The van der Waals surface area contributed by atoms with Crippen molar-refractivity contribution in [1.29, 1.82) is 0 Å². The van der Waals surface area contributed by atoms with E-state index >= 15 is 0 Å². The summed E-state index contributed by atoms with van der Waals surface area (Å²) in [5.74, 6) is 0. The van der Waals surface area contributed by atoms with Crippen molar-refractivity contribution in [3.8, 4) is 0 Å². The number of nitrogens with zero attached hydrogens (tertiary/aromatic N) is 1. The predicted octanol–water partition coefficient (Wildman–Crippen LogP) is 2.28. The number of benzene rings is 1. The normalized spacial score (nSPS) is 27.1. The van der Waals surface area contributed by atoms with Crippen LogP contribution in [0.15, 0.2) is 30.3 Å². The van der Waals surface area contributed by atoms with Crippen molar-refractivity contribution in [2.45, 2.75) is 25.9 Å². The van der Waals surface area contributed by atoms with Gasteiger partial charge >= 0.3 is 0 Å². The van der Waals surface area contributed by atoms with Crippen LogP contribution in [-0.4, -0.2) is 17.5 Å². The molecule has 0 amide bonds. The SMILES string of the molecule is CCC1CN1Cc1ccccc1. The highest BCUT2D eigenvalue weighted by Crippen LogP contribution is 2.22. The maximum Gasteiger partial charge on any atom is 0.0237 e. The van der Waals surface area contributed by atoms with E-state index in [9.17, 15) is 0 Å². The maximum absolute atomic E-state index is 2.51. The van der Waals surface area contributed by atoms with Crippen LogP contribution in [0.1, 0.15) is 18.9 Å². The quantitative estimate of drug-likeness (QED) is 0.615. The fourth-order valence-electron chi connectivity index (χ4n) is 1.62. The second kappa shape index (κ2) is 3.28. The highest BCUT2D eigenvalue weighted by molar-refractivity contribution is 5.15. The van der Waals surface area contributed by atoms with Crippen LogP contribution < -0.4 is 0 Å². The van der Waals surface area contributed by atoms with Crippen molar-refractivity contribution in [2.24, 2.45) is 0 Å². The second-order valence-corrected chi connectivity index (χ2v) is 3.48. The molecule has 0 bridgehead atoms. The van der Waals surface area contributed by atoms with Gasteiger partial charge in [0, 0.05) is 19.1 Å². The van der Waals surface area contributed by atoms with Crippen molar-refractivity contribution < 1.29 is 0 Å². The van der Waals surface area contributed by atoms with Crippen LogP contribution in [-0.2, 0) is 6.54 Å².